The molecule has 3 heteroatoms. The van der Waals surface area contributed by atoms with Crippen LogP contribution in [-0.2, 0) is 7.05 Å². The van der Waals surface area contributed by atoms with Crippen molar-refractivity contribution in [1.29, 1.82) is 0 Å². The summed E-state index contributed by atoms with van der Waals surface area (Å²) in [7, 11) is 1.79. The number of aryl methyl sites for hydroxylation is 5. The van der Waals surface area contributed by atoms with Crippen LogP contribution < -0.4 is 4.57 Å². The van der Waals surface area contributed by atoms with Gasteiger partial charge in [-0.2, -0.15) is 0 Å². The van der Waals surface area contributed by atoms with Gasteiger partial charge in [-0.3, -0.25) is 0 Å². The molecule has 34 heavy (non-hydrogen) atoms. The summed E-state index contributed by atoms with van der Waals surface area (Å²) in [4.78, 5) is 4.73. The van der Waals surface area contributed by atoms with E-state index in [9.17, 15) is 0 Å². The molecule has 0 aliphatic heterocycles. The third kappa shape index (κ3) is 2.97. The first-order valence-corrected chi connectivity index (χ1v) is 11.2. The maximum absolute atomic E-state index is 8.38. The van der Waals surface area contributed by atoms with Crippen molar-refractivity contribution in [3.05, 3.63) is 95.3 Å². The third-order valence-corrected chi connectivity index (χ3v) is 6.61. The maximum atomic E-state index is 8.38. The molecule has 6 aromatic rings. The van der Waals surface area contributed by atoms with Gasteiger partial charge in [0.25, 0.3) is 0 Å². The second-order valence-corrected chi connectivity index (χ2v) is 8.81. The highest BCUT2D eigenvalue weighted by Gasteiger charge is 2.25. The van der Waals surface area contributed by atoms with Crippen LogP contribution in [0.4, 0.5) is 0 Å². The number of hydrogen-bond acceptors (Lipinski definition) is 2. The second-order valence-electron chi connectivity index (χ2n) is 8.81. The molecule has 0 bridgehead atoms. The molecule has 0 saturated carbocycles. The average Bonchev–Trinajstić information content (AvgIpc) is 3.27. The SMILES string of the molecule is [2H]C([2H])([2H])c1c[n+](C)c(-c2c(C)cc(C([2H])([2H])[2H])c3c2oc2nc(C)c4ccccc4c23)cc1-c1ccccc1. The van der Waals surface area contributed by atoms with Crippen LogP contribution in [0.1, 0.15) is 30.6 Å². The van der Waals surface area contributed by atoms with E-state index >= 15 is 0 Å². The first-order chi connectivity index (χ1) is 18.9. The van der Waals surface area contributed by atoms with Crippen molar-refractivity contribution in [2.75, 3.05) is 0 Å². The van der Waals surface area contributed by atoms with Gasteiger partial charge in [-0.25, -0.2) is 9.55 Å². The summed E-state index contributed by atoms with van der Waals surface area (Å²) in [6.07, 6.45) is 1.63. The number of rotatable bonds is 2. The number of aromatic nitrogens is 2. The van der Waals surface area contributed by atoms with Crippen LogP contribution in [0, 0.1) is 27.6 Å². The summed E-state index contributed by atoms with van der Waals surface area (Å²) in [5.74, 6) is 0. The second kappa shape index (κ2) is 7.53. The molecular weight excluding hydrogens is 416 g/mol. The van der Waals surface area contributed by atoms with Gasteiger partial charge < -0.3 is 4.42 Å². The molecule has 3 heterocycles. The Morgan fingerprint density at radius 2 is 1.56 bits per heavy atom. The smallest absolute Gasteiger partial charge is 0.228 e. The van der Waals surface area contributed by atoms with E-state index in [2.05, 4.69) is 0 Å². The Labute approximate surface area is 207 Å². The Balaban J connectivity index is 1.79. The lowest BCUT2D eigenvalue weighted by atomic mass is 9.93. The lowest BCUT2D eigenvalue weighted by Crippen LogP contribution is -2.31. The van der Waals surface area contributed by atoms with E-state index in [-0.39, 0.29) is 11.1 Å². The molecule has 0 unspecified atom stereocenters. The van der Waals surface area contributed by atoms with Crippen LogP contribution in [0.5, 0.6) is 0 Å². The topological polar surface area (TPSA) is 29.9 Å². The molecule has 6 rings (SSSR count). The summed E-state index contributed by atoms with van der Waals surface area (Å²) >= 11 is 0. The van der Waals surface area contributed by atoms with Gasteiger partial charge in [0.15, 0.2) is 11.8 Å². The highest BCUT2D eigenvalue weighted by atomic mass is 16.3. The van der Waals surface area contributed by atoms with Crippen molar-refractivity contribution in [3.8, 4) is 22.4 Å². The monoisotopic (exact) mass is 449 g/mol. The zero-order chi connectivity index (χ0) is 28.6. The molecule has 0 N–H and O–H groups in total. The predicted octanol–water partition coefficient (Wildman–Crippen LogP) is 7.53. The summed E-state index contributed by atoms with van der Waals surface area (Å²) in [6, 6.07) is 20.7. The number of nitrogens with zero attached hydrogens (tertiary/aromatic N) is 2. The van der Waals surface area contributed by atoms with Crippen LogP contribution in [-0.4, -0.2) is 4.98 Å². The molecule has 0 aliphatic rings. The van der Waals surface area contributed by atoms with Crippen LogP contribution >= 0.6 is 0 Å². The quantitative estimate of drug-likeness (QED) is 0.256. The Bertz CT molecular complexity index is 1950. The lowest BCUT2D eigenvalue weighted by Gasteiger charge is -2.11. The Hall–Kier alpha value is -3.98. The van der Waals surface area contributed by atoms with Crippen LogP contribution in [0.3, 0.4) is 0 Å². The maximum Gasteiger partial charge on any atom is 0.228 e. The molecule has 0 spiro atoms. The normalized spacial score (nSPS) is 15.0. The Kier molecular flexibility index (Phi) is 3.33. The molecule has 0 fully saturated rings. The molecule has 166 valence electrons. The van der Waals surface area contributed by atoms with Gasteiger partial charge in [-0.15, -0.1) is 0 Å². The van der Waals surface area contributed by atoms with Gasteiger partial charge in [-0.1, -0.05) is 60.7 Å². The molecule has 0 radical (unpaired) electrons. The number of fused-ring (bicyclic) bond motifs is 5. The zero-order valence-electron chi connectivity index (χ0n) is 25.2. The van der Waals surface area contributed by atoms with E-state index in [0.717, 1.165) is 22.0 Å². The van der Waals surface area contributed by atoms with Gasteiger partial charge in [-0.05, 0) is 55.2 Å². The van der Waals surface area contributed by atoms with Crippen LogP contribution in [0.15, 0.2) is 77.3 Å². The van der Waals surface area contributed by atoms with Gasteiger partial charge >= 0.3 is 0 Å². The van der Waals surface area contributed by atoms with Crippen molar-refractivity contribution >= 4 is 32.8 Å². The zero-order valence-corrected chi connectivity index (χ0v) is 19.2. The van der Waals surface area contributed by atoms with E-state index in [0.29, 0.717) is 44.5 Å². The minimum absolute atomic E-state index is 0.198. The van der Waals surface area contributed by atoms with Crippen molar-refractivity contribution in [2.24, 2.45) is 7.05 Å². The van der Waals surface area contributed by atoms with E-state index in [1.165, 1.54) is 0 Å². The van der Waals surface area contributed by atoms with E-state index in [4.69, 9.17) is 17.6 Å². The number of pyridine rings is 2. The number of hydrogen-bond donors (Lipinski definition) is 0. The van der Waals surface area contributed by atoms with Crippen LogP contribution in [0.2, 0.25) is 0 Å². The first-order valence-electron chi connectivity index (χ1n) is 14.2. The minimum atomic E-state index is -2.40. The van der Waals surface area contributed by atoms with Crippen molar-refractivity contribution < 1.29 is 17.2 Å². The van der Waals surface area contributed by atoms with Gasteiger partial charge in [0.1, 0.15) is 7.05 Å². The van der Waals surface area contributed by atoms with Crippen LogP contribution in [0.25, 0.3) is 55.2 Å². The molecule has 3 nitrogen and oxygen atoms in total. The lowest BCUT2D eigenvalue weighted by molar-refractivity contribution is -0.660. The predicted molar refractivity (Wildman–Crippen MR) is 140 cm³/mol. The van der Waals surface area contributed by atoms with Crippen molar-refractivity contribution in [1.82, 2.24) is 4.98 Å². The molecule has 0 aliphatic carbocycles. The minimum Gasteiger partial charge on any atom is -0.437 e. The highest BCUT2D eigenvalue weighted by molar-refractivity contribution is 6.21. The Morgan fingerprint density at radius 3 is 2.32 bits per heavy atom. The van der Waals surface area contributed by atoms with E-state index in [1.807, 2.05) is 74.5 Å². The fraction of sp³-hybridized carbons (Fsp3) is 0.161. The van der Waals surface area contributed by atoms with Crippen molar-refractivity contribution in [3.63, 3.8) is 0 Å². The molecule has 0 atom stereocenters. The summed E-state index contributed by atoms with van der Waals surface area (Å²) < 4.78 is 58.0. The molecule has 3 aromatic heterocycles. The molecule has 3 aromatic carbocycles. The third-order valence-electron chi connectivity index (χ3n) is 6.61. The van der Waals surface area contributed by atoms with Gasteiger partial charge in [0, 0.05) is 36.3 Å². The fourth-order valence-electron chi connectivity index (χ4n) is 5.02. The standard InChI is InChI=1S/C31H27N2O/c1-18-15-19(2)28-29-24-14-10-9-13-23(24)21(4)32-31(29)34-30(28)27(18)26-16-25(20(3)17-33(26)5)22-11-7-6-8-12-22/h6-17H,1-5H3/q+1/i2D3,3D3. The molecule has 0 amide bonds. The number of furan rings is 1. The summed E-state index contributed by atoms with van der Waals surface area (Å²) in [6.45, 7) is -0.969. The summed E-state index contributed by atoms with van der Waals surface area (Å²) in [5.41, 5.74) is 5.45. The van der Waals surface area contributed by atoms with E-state index < -0.39 is 13.7 Å². The summed E-state index contributed by atoms with van der Waals surface area (Å²) in [5, 5.41) is 2.96. The van der Waals surface area contributed by atoms with E-state index in [1.54, 1.807) is 23.9 Å². The molecule has 0 saturated heterocycles. The average molecular weight is 450 g/mol. The van der Waals surface area contributed by atoms with Gasteiger partial charge in [0.2, 0.25) is 11.4 Å². The highest BCUT2D eigenvalue weighted by Crippen LogP contribution is 2.42. The van der Waals surface area contributed by atoms with Gasteiger partial charge in [0.05, 0.1) is 10.9 Å². The fourth-order valence-corrected chi connectivity index (χ4v) is 5.02. The first kappa shape index (κ1) is 15.0. The molecular formula is C31H27N2O+. The largest absolute Gasteiger partial charge is 0.437 e. The number of benzene rings is 3. The van der Waals surface area contributed by atoms with Crippen molar-refractivity contribution in [2.45, 2.75) is 27.6 Å². The Morgan fingerprint density at radius 1 is 0.824 bits per heavy atom.